The minimum absolute atomic E-state index is 0.0224. The average Bonchev–Trinajstić information content (AvgIpc) is 2.86. The largest absolute Gasteiger partial charge is 0.438 e. The van der Waals surface area contributed by atoms with Crippen LogP contribution in [0, 0.1) is 0 Å². The van der Waals surface area contributed by atoms with Crippen LogP contribution in [0.2, 0.25) is 10.0 Å². The molecule has 0 atom stereocenters. The number of amidine groups is 1. The first-order valence-corrected chi connectivity index (χ1v) is 10.7. The van der Waals surface area contributed by atoms with Gasteiger partial charge in [0.15, 0.2) is 5.84 Å². The highest BCUT2D eigenvalue weighted by atomic mass is 35.5. The fourth-order valence-corrected chi connectivity index (χ4v) is 3.26. The molecule has 0 bridgehead atoms. The van der Waals surface area contributed by atoms with Crippen molar-refractivity contribution in [3.8, 4) is 0 Å². The Morgan fingerprint density at radius 1 is 1.09 bits per heavy atom. The predicted octanol–water partition coefficient (Wildman–Crippen LogP) is 4.34. The molecule has 5 N–H and O–H groups in total. The number of hydrogen-bond acceptors (Lipinski definition) is 7. The topological polar surface area (TPSA) is 135 Å². The second-order valence-corrected chi connectivity index (χ2v) is 7.69. The van der Waals surface area contributed by atoms with Crippen molar-refractivity contribution < 1.29 is 4.74 Å². The summed E-state index contributed by atoms with van der Waals surface area (Å²) in [4.78, 5) is 20.0. The number of nitrogens with zero attached hydrogens (tertiary/aromatic N) is 4. The van der Waals surface area contributed by atoms with Crippen molar-refractivity contribution in [1.29, 1.82) is 0 Å². The first-order chi connectivity index (χ1) is 16.8. The maximum Gasteiger partial charge on any atom is 0.248 e. The van der Waals surface area contributed by atoms with Crippen molar-refractivity contribution >= 4 is 52.1 Å². The van der Waals surface area contributed by atoms with Gasteiger partial charge in [-0.3, -0.25) is 14.7 Å². The Kier molecular flexibility index (Phi) is 8.44. The minimum atomic E-state index is -0.309. The molecule has 0 fully saturated rings. The highest BCUT2D eigenvalue weighted by Gasteiger charge is 2.20. The molecule has 9 nitrogen and oxygen atoms in total. The van der Waals surface area contributed by atoms with Crippen LogP contribution in [0.3, 0.4) is 0 Å². The molecule has 1 aromatic carbocycles. The van der Waals surface area contributed by atoms with Crippen molar-refractivity contribution in [3.05, 3.63) is 118 Å². The third kappa shape index (κ3) is 6.38. The van der Waals surface area contributed by atoms with E-state index in [4.69, 9.17) is 39.6 Å². The predicted molar refractivity (Wildman–Crippen MR) is 142 cm³/mol. The highest BCUT2D eigenvalue weighted by molar-refractivity contribution is 6.35. The lowest BCUT2D eigenvalue weighted by Crippen LogP contribution is -2.29. The molecule has 0 aliphatic carbocycles. The number of aromatic amines is 1. The Morgan fingerprint density at radius 3 is 2.49 bits per heavy atom. The molecule has 3 aromatic rings. The molecule has 0 radical (unpaired) electrons. The first kappa shape index (κ1) is 25.3. The number of hydrogen-bond donors (Lipinski definition) is 3. The number of pyridine rings is 2. The molecule has 0 spiro atoms. The summed E-state index contributed by atoms with van der Waals surface area (Å²) in [6.07, 6.45) is 5.89. The van der Waals surface area contributed by atoms with E-state index < -0.39 is 0 Å². The van der Waals surface area contributed by atoms with Crippen LogP contribution in [0.25, 0.3) is 11.5 Å². The lowest BCUT2D eigenvalue weighted by molar-refractivity contribution is 0.510. The molecule has 0 aliphatic rings. The van der Waals surface area contributed by atoms with Gasteiger partial charge >= 0.3 is 0 Å². The zero-order valence-electron chi connectivity index (χ0n) is 18.4. The summed E-state index contributed by atoms with van der Waals surface area (Å²) in [7, 11) is 0. The first-order valence-electron chi connectivity index (χ1n) is 9.99. The highest BCUT2D eigenvalue weighted by Crippen LogP contribution is 2.31. The van der Waals surface area contributed by atoms with E-state index in [9.17, 15) is 4.79 Å². The maximum atomic E-state index is 11.6. The van der Waals surface area contributed by atoms with Crippen LogP contribution in [0.1, 0.15) is 11.3 Å². The molecule has 35 heavy (non-hydrogen) atoms. The Balaban J connectivity index is 1.93. The van der Waals surface area contributed by atoms with E-state index in [1.807, 2.05) is 0 Å². The van der Waals surface area contributed by atoms with E-state index in [0.717, 1.165) is 0 Å². The average molecular weight is 510 g/mol. The summed E-state index contributed by atoms with van der Waals surface area (Å²) in [5.74, 6) is 11.6. The van der Waals surface area contributed by atoms with Crippen LogP contribution in [0.4, 0.5) is 5.69 Å². The molecule has 3 rings (SSSR count). The van der Waals surface area contributed by atoms with Gasteiger partial charge in [-0.1, -0.05) is 48.5 Å². The van der Waals surface area contributed by atoms with Crippen molar-refractivity contribution in [2.45, 2.75) is 0 Å². The van der Waals surface area contributed by atoms with Gasteiger partial charge in [0.05, 0.1) is 27.1 Å². The minimum Gasteiger partial charge on any atom is -0.438 e. The van der Waals surface area contributed by atoms with Crippen molar-refractivity contribution in [2.75, 3.05) is 4.90 Å². The van der Waals surface area contributed by atoms with Crippen LogP contribution < -0.4 is 22.1 Å². The monoisotopic (exact) mass is 509 g/mol. The zero-order valence-corrected chi connectivity index (χ0v) is 19.9. The van der Waals surface area contributed by atoms with Gasteiger partial charge in [-0.2, -0.15) is 5.10 Å². The van der Waals surface area contributed by atoms with Gasteiger partial charge in [-0.15, -0.1) is 5.10 Å². The van der Waals surface area contributed by atoms with Gasteiger partial charge in [-0.05, 0) is 36.4 Å². The Labute approximate surface area is 211 Å². The number of nitrogens with one attached hydrogen (secondary N) is 1. The van der Waals surface area contributed by atoms with E-state index in [2.05, 4.69) is 33.3 Å². The summed E-state index contributed by atoms with van der Waals surface area (Å²) in [6, 6.07) is 13.4. The molecular formula is C24H21Cl2N7O2. The molecule has 0 aliphatic heterocycles. The van der Waals surface area contributed by atoms with Crippen molar-refractivity contribution in [1.82, 2.24) is 9.97 Å². The molecule has 0 saturated carbocycles. The van der Waals surface area contributed by atoms with E-state index >= 15 is 0 Å². The number of para-hydroxylation sites is 1. The number of anilines is 1. The van der Waals surface area contributed by atoms with Crippen LogP contribution >= 0.6 is 23.2 Å². The lowest BCUT2D eigenvalue weighted by atomic mass is 10.2. The number of nitrogens with two attached hydrogens (primary N) is 2. The number of aromatic nitrogens is 2. The van der Waals surface area contributed by atoms with Gasteiger partial charge < -0.3 is 21.4 Å². The second-order valence-electron chi connectivity index (χ2n) is 6.85. The number of halogens is 2. The van der Waals surface area contributed by atoms with E-state index in [-0.39, 0.29) is 23.1 Å². The molecule has 0 saturated heterocycles. The number of ether oxygens (including phenoxy) is 1. The Morgan fingerprint density at radius 2 is 1.86 bits per heavy atom. The Bertz CT molecular complexity index is 1380. The number of rotatable bonds is 7. The second kappa shape index (κ2) is 11.7. The molecule has 2 aromatic heterocycles. The lowest BCUT2D eigenvalue weighted by Gasteiger charge is -2.26. The number of hydrazone groups is 2. The standard InChI is InChI=1S/C24H21Cl2N7O2/c1-15(20-8-7-18(25)14-30-20)33(21-6-4-3-5-19(21)26)22(31-27)9-10-24(32-28)35-16(2)17-11-12-29-23(34)13-17/h3-14H,1-2,27-28H2,(H,29,34)/b10-9+,31-22-,32-24-. The third-order valence-corrected chi connectivity index (χ3v) is 5.12. The summed E-state index contributed by atoms with van der Waals surface area (Å²) < 4.78 is 5.60. The third-order valence-electron chi connectivity index (χ3n) is 4.57. The van der Waals surface area contributed by atoms with Gasteiger partial charge in [0.2, 0.25) is 11.5 Å². The van der Waals surface area contributed by atoms with Gasteiger partial charge in [0.25, 0.3) is 0 Å². The zero-order chi connectivity index (χ0) is 25.4. The molecule has 0 amide bonds. The molecule has 11 heteroatoms. The van der Waals surface area contributed by atoms with Crippen LogP contribution in [-0.4, -0.2) is 21.7 Å². The molecule has 2 heterocycles. The Hall–Kier alpha value is -4.34. The summed E-state index contributed by atoms with van der Waals surface area (Å²) >= 11 is 12.4. The summed E-state index contributed by atoms with van der Waals surface area (Å²) in [5.41, 5.74) is 1.62. The molecular weight excluding hydrogens is 489 g/mol. The van der Waals surface area contributed by atoms with Crippen LogP contribution in [-0.2, 0) is 4.74 Å². The van der Waals surface area contributed by atoms with Gasteiger partial charge in [0.1, 0.15) is 5.76 Å². The van der Waals surface area contributed by atoms with Crippen LogP contribution in [0.15, 0.2) is 101 Å². The van der Waals surface area contributed by atoms with Crippen LogP contribution in [0.5, 0.6) is 0 Å². The molecule has 0 unspecified atom stereocenters. The quantitative estimate of drug-likeness (QED) is 0.142. The summed E-state index contributed by atoms with van der Waals surface area (Å²) in [5, 5.41) is 8.40. The summed E-state index contributed by atoms with van der Waals surface area (Å²) in [6.45, 7) is 7.95. The molecule has 178 valence electrons. The van der Waals surface area contributed by atoms with E-state index in [1.54, 1.807) is 47.4 Å². The van der Waals surface area contributed by atoms with Gasteiger partial charge in [0, 0.05) is 30.1 Å². The van der Waals surface area contributed by atoms with Crippen molar-refractivity contribution in [3.63, 3.8) is 0 Å². The maximum absolute atomic E-state index is 11.6. The number of H-pyrrole nitrogens is 1. The number of benzene rings is 1. The van der Waals surface area contributed by atoms with E-state index in [0.29, 0.717) is 32.7 Å². The van der Waals surface area contributed by atoms with Crippen molar-refractivity contribution in [2.24, 2.45) is 21.9 Å². The van der Waals surface area contributed by atoms with Gasteiger partial charge in [-0.25, -0.2) is 0 Å². The van der Waals surface area contributed by atoms with E-state index in [1.165, 1.54) is 30.6 Å². The SMILES string of the molecule is C=C(OC(/C=C/C(=N/N)N(C(=C)c1ccc(Cl)cn1)c1ccccc1Cl)=N\N)c1cc[nH]c(=O)c1. The smallest absolute Gasteiger partial charge is 0.248 e. The normalized spacial score (nSPS) is 11.9. The fourth-order valence-electron chi connectivity index (χ4n) is 2.93. The fraction of sp³-hybridized carbons (Fsp3) is 0.